The van der Waals surface area contributed by atoms with Crippen molar-refractivity contribution in [2.24, 2.45) is 4.99 Å². The molecular formula is C15H27N7. The molecule has 1 aliphatic heterocycles. The van der Waals surface area contributed by atoms with Gasteiger partial charge in [0.05, 0.1) is 0 Å². The Bertz CT molecular complexity index is 454. The van der Waals surface area contributed by atoms with Crippen molar-refractivity contribution in [2.75, 3.05) is 64.8 Å². The zero-order valence-corrected chi connectivity index (χ0v) is 13.9. The van der Waals surface area contributed by atoms with Gasteiger partial charge in [-0.25, -0.2) is 9.97 Å². The SMILES string of the molecule is CCN(C)CCNC(=NC)N1CCN(c2ncccn2)CC1. The molecule has 2 rings (SSSR count). The number of likely N-dealkylation sites (N-methyl/N-ethyl adjacent to an activating group) is 1. The summed E-state index contributed by atoms with van der Waals surface area (Å²) in [7, 11) is 3.97. The largest absolute Gasteiger partial charge is 0.355 e. The number of rotatable bonds is 5. The van der Waals surface area contributed by atoms with E-state index in [0.29, 0.717) is 0 Å². The molecule has 1 saturated heterocycles. The van der Waals surface area contributed by atoms with Crippen LogP contribution >= 0.6 is 0 Å². The predicted molar refractivity (Wildman–Crippen MR) is 90.4 cm³/mol. The normalized spacial score (nSPS) is 16.3. The highest BCUT2D eigenvalue weighted by Gasteiger charge is 2.20. The maximum Gasteiger partial charge on any atom is 0.225 e. The molecule has 0 bridgehead atoms. The minimum Gasteiger partial charge on any atom is -0.355 e. The van der Waals surface area contributed by atoms with Crippen molar-refractivity contribution in [3.05, 3.63) is 18.5 Å². The average molecular weight is 305 g/mol. The van der Waals surface area contributed by atoms with Crippen LogP contribution in [-0.2, 0) is 0 Å². The highest BCUT2D eigenvalue weighted by Crippen LogP contribution is 2.09. The molecule has 0 spiro atoms. The monoisotopic (exact) mass is 305 g/mol. The molecule has 0 radical (unpaired) electrons. The fourth-order valence-electron chi connectivity index (χ4n) is 2.42. The van der Waals surface area contributed by atoms with Crippen molar-refractivity contribution in [1.82, 2.24) is 25.1 Å². The van der Waals surface area contributed by atoms with E-state index in [2.05, 4.69) is 48.9 Å². The highest BCUT2D eigenvalue weighted by molar-refractivity contribution is 5.80. The molecule has 1 aromatic heterocycles. The van der Waals surface area contributed by atoms with E-state index in [1.165, 1.54) is 0 Å². The molecule has 2 heterocycles. The first kappa shape index (κ1) is 16.5. The van der Waals surface area contributed by atoms with Gasteiger partial charge in [-0.3, -0.25) is 4.99 Å². The first-order valence-corrected chi connectivity index (χ1v) is 7.90. The summed E-state index contributed by atoms with van der Waals surface area (Å²) in [6, 6.07) is 1.85. The van der Waals surface area contributed by atoms with E-state index < -0.39 is 0 Å². The second kappa shape index (κ2) is 8.53. The lowest BCUT2D eigenvalue weighted by Gasteiger charge is -2.36. The first-order chi connectivity index (χ1) is 10.7. The quantitative estimate of drug-likeness (QED) is 0.616. The lowest BCUT2D eigenvalue weighted by Crippen LogP contribution is -2.53. The van der Waals surface area contributed by atoms with E-state index in [1.807, 2.05) is 13.1 Å². The minimum atomic E-state index is 0.815. The van der Waals surface area contributed by atoms with E-state index in [0.717, 1.165) is 57.7 Å². The van der Waals surface area contributed by atoms with Gasteiger partial charge in [0.15, 0.2) is 5.96 Å². The van der Waals surface area contributed by atoms with Crippen molar-refractivity contribution >= 4 is 11.9 Å². The molecule has 22 heavy (non-hydrogen) atoms. The third-order valence-corrected chi connectivity index (χ3v) is 3.94. The number of hydrogen-bond acceptors (Lipinski definition) is 5. The standard InChI is InChI=1S/C15H27N7/c1-4-20(3)9-8-19-14(16-2)21-10-12-22(13-11-21)15-17-6-5-7-18-15/h5-7H,4,8-13H2,1-3H3,(H,16,19). The number of guanidine groups is 1. The number of aromatic nitrogens is 2. The van der Waals surface area contributed by atoms with Gasteiger partial charge in [-0.1, -0.05) is 6.92 Å². The van der Waals surface area contributed by atoms with E-state index in [4.69, 9.17) is 0 Å². The zero-order valence-electron chi connectivity index (χ0n) is 13.9. The smallest absolute Gasteiger partial charge is 0.225 e. The Morgan fingerprint density at radius 2 is 1.95 bits per heavy atom. The molecule has 1 aromatic rings. The molecule has 1 fully saturated rings. The van der Waals surface area contributed by atoms with Crippen LogP contribution in [0.3, 0.4) is 0 Å². The summed E-state index contributed by atoms with van der Waals surface area (Å²) >= 11 is 0. The van der Waals surface area contributed by atoms with Gasteiger partial charge in [-0.2, -0.15) is 0 Å². The number of hydrogen-bond donors (Lipinski definition) is 1. The van der Waals surface area contributed by atoms with E-state index in [9.17, 15) is 0 Å². The third-order valence-electron chi connectivity index (χ3n) is 3.94. The van der Waals surface area contributed by atoms with Gasteiger partial charge in [0.1, 0.15) is 0 Å². The molecule has 7 heteroatoms. The van der Waals surface area contributed by atoms with Crippen molar-refractivity contribution in [1.29, 1.82) is 0 Å². The molecule has 7 nitrogen and oxygen atoms in total. The second-order valence-corrected chi connectivity index (χ2v) is 5.39. The number of nitrogens with zero attached hydrogens (tertiary/aromatic N) is 6. The summed E-state index contributed by atoms with van der Waals surface area (Å²) in [6.45, 7) is 8.87. The Labute approximate surface area is 133 Å². The molecule has 0 amide bonds. The molecule has 1 N–H and O–H groups in total. The molecule has 0 aromatic carbocycles. The summed E-state index contributed by atoms with van der Waals surface area (Å²) in [5.74, 6) is 1.80. The Morgan fingerprint density at radius 3 is 2.55 bits per heavy atom. The molecular weight excluding hydrogens is 278 g/mol. The van der Waals surface area contributed by atoms with Crippen molar-refractivity contribution in [3.63, 3.8) is 0 Å². The molecule has 1 aliphatic rings. The van der Waals surface area contributed by atoms with Crippen LogP contribution in [0.1, 0.15) is 6.92 Å². The average Bonchev–Trinajstić information content (AvgIpc) is 2.59. The van der Waals surface area contributed by atoms with Crippen molar-refractivity contribution < 1.29 is 0 Å². The second-order valence-electron chi connectivity index (χ2n) is 5.39. The van der Waals surface area contributed by atoms with Crippen LogP contribution in [0.2, 0.25) is 0 Å². The fraction of sp³-hybridized carbons (Fsp3) is 0.667. The molecule has 0 unspecified atom stereocenters. The summed E-state index contributed by atoms with van der Waals surface area (Å²) in [6.07, 6.45) is 3.58. The molecule has 0 saturated carbocycles. The van der Waals surface area contributed by atoms with E-state index in [-0.39, 0.29) is 0 Å². The topological polar surface area (TPSA) is 59.9 Å². The number of anilines is 1. The van der Waals surface area contributed by atoms with Crippen molar-refractivity contribution in [2.45, 2.75) is 6.92 Å². The Balaban J connectivity index is 1.79. The molecule has 0 aliphatic carbocycles. The predicted octanol–water partition coefficient (Wildman–Crippen LogP) is 0.126. The first-order valence-electron chi connectivity index (χ1n) is 7.90. The van der Waals surface area contributed by atoms with Crippen LogP contribution in [0, 0.1) is 0 Å². The van der Waals surface area contributed by atoms with Gasteiger partial charge in [0.2, 0.25) is 5.95 Å². The summed E-state index contributed by atoms with van der Waals surface area (Å²) in [5.41, 5.74) is 0. The minimum absolute atomic E-state index is 0.815. The summed E-state index contributed by atoms with van der Waals surface area (Å²) < 4.78 is 0. The number of aliphatic imine (C=N–C) groups is 1. The Morgan fingerprint density at radius 1 is 1.27 bits per heavy atom. The number of nitrogens with one attached hydrogen (secondary N) is 1. The van der Waals surface area contributed by atoms with Crippen molar-refractivity contribution in [3.8, 4) is 0 Å². The fourth-order valence-corrected chi connectivity index (χ4v) is 2.42. The lowest BCUT2D eigenvalue weighted by molar-refractivity contribution is 0.343. The van der Waals surface area contributed by atoms with Crippen LogP contribution < -0.4 is 10.2 Å². The van der Waals surface area contributed by atoms with Crippen LogP contribution in [-0.4, -0.2) is 85.6 Å². The zero-order chi connectivity index (χ0) is 15.8. The van der Waals surface area contributed by atoms with Gasteiger partial charge >= 0.3 is 0 Å². The molecule has 0 atom stereocenters. The van der Waals surface area contributed by atoms with E-state index in [1.54, 1.807) is 12.4 Å². The van der Waals surface area contributed by atoms with Gasteiger partial charge in [0, 0.05) is 58.7 Å². The molecule has 122 valence electrons. The third kappa shape index (κ3) is 4.56. The van der Waals surface area contributed by atoms with Crippen LogP contribution in [0.4, 0.5) is 5.95 Å². The Hall–Kier alpha value is -1.89. The van der Waals surface area contributed by atoms with Gasteiger partial charge < -0.3 is 20.0 Å². The maximum atomic E-state index is 4.40. The van der Waals surface area contributed by atoms with Crippen LogP contribution in [0.25, 0.3) is 0 Å². The Kier molecular flexibility index (Phi) is 6.39. The summed E-state index contributed by atoms with van der Waals surface area (Å²) in [4.78, 5) is 19.8. The van der Waals surface area contributed by atoms with Crippen LogP contribution in [0.5, 0.6) is 0 Å². The maximum absolute atomic E-state index is 4.40. The van der Waals surface area contributed by atoms with Gasteiger partial charge in [0.25, 0.3) is 0 Å². The van der Waals surface area contributed by atoms with Crippen LogP contribution in [0.15, 0.2) is 23.5 Å². The van der Waals surface area contributed by atoms with E-state index >= 15 is 0 Å². The number of piperazine rings is 1. The highest BCUT2D eigenvalue weighted by atomic mass is 15.4. The van der Waals surface area contributed by atoms with Gasteiger partial charge in [-0.15, -0.1) is 0 Å². The summed E-state index contributed by atoms with van der Waals surface area (Å²) in [5, 5.41) is 3.44. The lowest BCUT2D eigenvalue weighted by atomic mass is 10.3. The van der Waals surface area contributed by atoms with Gasteiger partial charge in [-0.05, 0) is 19.7 Å².